The number of thiophene rings is 1. The van der Waals surface area contributed by atoms with Gasteiger partial charge in [0.2, 0.25) is 0 Å². The third kappa shape index (κ3) is 2.10. The largest absolute Gasteiger partial charge is 0.268 e. The summed E-state index contributed by atoms with van der Waals surface area (Å²) >= 11 is 1.74. The Hall–Kier alpha value is -0.380. The van der Waals surface area contributed by atoms with E-state index in [1.165, 1.54) is 4.88 Å². The molecule has 0 spiro atoms. The van der Waals surface area contributed by atoms with E-state index in [1.54, 1.807) is 16.3 Å². The number of hydrogen-bond donors (Lipinski definition) is 1. The molecule has 1 aromatic heterocycles. The van der Waals surface area contributed by atoms with Gasteiger partial charge in [0.15, 0.2) is 0 Å². The van der Waals surface area contributed by atoms with Crippen molar-refractivity contribution in [2.24, 2.45) is 5.84 Å². The quantitative estimate of drug-likeness (QED) is 0.530. The number of hydrogen-bond acceptors (Lipinski definition) is 3. The Bertz CT molecular complexity index is 172. The number of nitrogens with zero attached hydrogens (tertiary/aromatic N) is 1. The molecule has 0 aliphatic rings. The van der Waals surface area contributed by atoms with Crippen molar-refractivity contribution in [3.05, 3.63) is 22.4 Å². The molecule has 1 rings (SSSR count). The molecule has 1 aromatic rings. The van der Waals surface area contributed by atoms with Crippen molar-refractivity contribution in [1.82, 2.24) is 5.01 Å². The normalized spacial score (nSPS) is 10.7. The minimum Gasteiger partial charge on any atom is -0.268 e. The van der Waals surface area contributed by atoms with Crippen molar-refractivity contribution >= 4 is 11.3 Å². The van der Waals surface area contributed by atoms with E-state index in [2.05, 4.69) is 11.4 Å². The molecule has 10 heavy (non-hydrogen) atoms. The van der Waals surface area contributed by atoms with E-state index in [9.17, 15) is 0 Å². The van der Waals surface area contributed by atoms with E-state index in [0.29, 0.717) is 0 Å². The molecule has 0 bridgehead atoms. The highest BCUT2D eigenvalue weighted by atomic mass is 32.1. The zero-order valence-electron chi connectivity index (χ0n) is 6.08. The third-order valence-corrected chi connectivity index (χ3v) is 2.21. The van der Waals surface area contributed by atoms with E-state index in [-0.39, 0.29) is 0 Å². The molecule has 0 unspecified atom stereocenters. The Morgan fingerprint density at radius 1 is 1.70 bits per heavy atom. The molecular formula is C7H12N2S. The van der Waals surface area contributed by atoms with Gasteiger partial charge in [-0.3, -0.25) is 5.84 Å². The summed E-state index contributed by atoms with van der Waals surface area (Å²) in [6, 6.07) is 4.14. The average Bonchev–Trinajstić information content (AvgIpc) is 2.40. The van der Waals surface area contributed by atoms with Crippen molar-refractivity contribution in [2.45, 2.75) is 13.5 Å². The first-order valence-electron chi connectivity index (χ1n) is 3.35. The smallest absolute Gasteiger partial charge is 0.0473 e. The first kappa shape index (κ1) is 7.72. The van der Waals surface area contributed by atoms with Crippen LogP contribution < -0.4 is 5.84 Å². The number of rotatable bonds is 3. The minimum absolute atomic E-state index is 0.869. The van der Waals surface area contributed by atoms with Gasteiger partial charge in [0.05, 0.1) is 0 Å². The van der Waals surface area contributed by atoms with Gasteiger partial charge in [0.25, 0.3) is 0 Å². The second kappa shape index (κ2) is 3.71. The Labute approximate surface area is 65.2 Å². The number of hydrazine groups is 1. The lowest BCUT2D eigenvalue weighted by atomic mass is 10.4. The van der Waals surface area contributed by atoms with Crippen LogP contribution in [0.5, 0.6) is 0 Å². The van der Waals surface area contributed by atoms with Crippen molar-refractivity contribution in [3.63, 3.8) is 0 Å². The number of nitrogens with two attached hydrogens (primary N) is 1. The lowest BCUT2D eigenvalue weighted by Gasteiger charge is -2.10. The molecule has 0 fully saturated rings. The van der Waals surface area contributed by atoms with Gasteiger partial charge < -0.3 is 0 Å². The van der Waals surface area contributed by atoms with Crippen LogP contribution in [0, 0.1) is 0 Å². The van der Waals surface area contributed by atoms with Crippen LogP contribution in [0.4, 0.5) is 0 Å². The molecule has 3 heteroatoms. The molecule has 0 aliphatic carbocycles. The fraction of sp³-hybridized carbons (Fsp3) is 0.429. The molecule has 2 N–H and O–H groups in total. The first-order valence-corrected chi connectivity index (χ1v) is 4.23. The van der Waals surface area contributed by atoms with E-state index in [0.717, 1.165) is 13.1 Å². The Kier molecular flexibility index (Phi) is 2.86. The SMILES string of the molecule is CCN(N)Cc1cccs1. The van der Waals surface area contributed by atoms with Crippen LogP contribution in [0.1, 0.15) is 11.8 Å². The highest BCUT2D eigenvalue weighted by Gasteiger charge is 1.96. The maximum Gasteiger partial charge on any atom is 0.0473 e. The molecule has 1 heterocycles. The van der Waals surface area contributed by atoms with E-state index in [1.807, 2.05) is 13.0 Å². The summed E-state index contributed by atoms with van der Waals surface area (Å²) in [7, 11) is 0. The standard InChI is InChI=1S/C7H12N2S/c1-2-9(8)6-7-4-3-5-10-7/h3-5H,2,6,8H2,1H3. The molecular weight excluding hydrogens is 144 g/mol. The molecule has 0 atom stereocenters. The molecule has 2 nitrogen and oxygen atoms in total. The highest BCUT2D eigenvalue weighted by molar-refractivity contribution is 7.09. The second-order valence-corrected chi connectivity index (χ2v) is 3.17. The zero-order chi connectivity index (χ0) is 7.40. The first-order chi connectivity index (χ1) is 4.83. The van der Waals surface area contributed by atoms with E-state index >= 15 is 0 Å². The average molecular weight is 156 g/mol. The summed E-state index contributed by atoms with van der Waals surface area (Å²) in [5.74, 6) is 5.60. The molecule has 0 radical (unpaired) electrons. The van der Waals surface area contributed by atoms with E-state index in [4.69, 9.17) is 5.84 Å². The van der Waals surface area contributed by atoms with Crippen molar-refractivity contribution in [2.75, 3.05) is 6.54 Å². The van der Waals surface area contributed by atoms with Crippen LogP contribution in [0.3, 0.4) is 0 Å². The molecule has 0 aromatic carbocycles. The molecule has 0 saturated heterocycles. The van der Waals surface area contributed by atoms with Crippen LogP contribution in [-0.2, 0) is 6.54 Å². The molecule has 0 aliphatic heterocycles. The van der Waals surface area contributed by atoms with Gasteiger partial charge in [0, 0.05) is 18.0 Å². The summed E-state index contributed by atoms with van der Waals surface area (Å²) in [5.41, 5.74) is 0. The van der Waals surface area contributed by atoms with Gasteiger partial charge in [-0.05, 0) is 11.4 Å². The van der Waals surface area contributed by atoms with Gasteiger partial charge in [0.1, 0.15) is 0 Å². The predicted molar refractivity (Wildman–Crippen MR) is 44.6 cm³/mol. The maximum atomic E-state index is 5.60. The van der Waals surface area contributed by atoms with Gasteiger partial charge in [-0.1, -0.05) is 13.0 Å². The molecule has 0 saturated carbocycles. The van der Waals surface area contributed by atoms with E-state index < -0.39 is 0 Å². The lowest BCUT2D eigenvalue weighted by Crippen LogP contribution is -2.29. The Morgan fingerprint density at radius 2 is 2.50 bits per heavy atom. The summed E-state index contributed by atoms with van der Waals surface area (Å²) in [5, 5.41) is 3.87. The monoisotopic (exact) mass is 156 g/mol. The fourth-order valence-electron chi connectivity index (χ4n) is 0.715. The van der Waals surface area contributed by atoms with Crippen LogP contribution in [0.25, 0.3) is 0 Å². The van der Waals surface area contributed by atoms with Crippen molar-refractivity contribution < 1.29 is 0 Å². The van der Waals surface area contributed by atoms with Gasteiger partial charge in [-0.15, -0.1) is 11.3 Å². The van der Waals surface area contributed by atoms with Crippen molar-refractivity contribution in [1.29, 1.82) is 0 Å². The van der Waals surface area contributed by atoms with Gasteiger partial charge in [-0.25, -0.2) is 5.01 Å². The van der Waals surface area contributed by atoms with Crippen LogP contribution >= 0.6 is 11.3 Å². The molecule has 56 valence electrons. The Balaban J connectivity index is 2.40. The summed E-state index contributed by atoms with van der Waals surface area (Å²) in [6.45, 7) is 3.82. The predicted octanol–water partition coefficient (Wildman–Crippen LogP) is 1.44. The maximum absolute atomic E-state index is 5.60. The van der Waals surface area contributed by atoms with Crippen LogP contribution in [0.2, 0.25) is 0 Å². The van der Waals surface area contributed by atoms with Crippen molar-refractivity contribution in [3.8, 4) is 0 Å². The third-order valence-electron chi connectivity index (χ3n) is 1.35. The van der Waals surface area contributed by atoms with Gasteiger partial charge >= 0.3 is 0 Å². The summed E-state index contributed by atoms with van der Waals surface area (Å²) in [6.07, 6.45) is 0. The topological polar surface area (TPSA) is 29.3 Å². The van der Waals surface area contributed by atoms with Gasteiger partial charge in [-0.2, -0.15) is 0 Å². The van der Waals surface area contributed by atoms with Crippen LogP contribution in [0.15, 0.2) is 17.5 Å². The van der Waals surface area contributed by atoms with Crippen LogP contribution in [-0.4, -0.2) is 11.6 Å². The molecule has 0 amide bonds. The fourth-order valence-corrected chi connectivity index (χ4v) is 1.44. The summed E-state index contributed by atoms with van der Waals surface area (Å²) < 4.78 is 0. The minimum atomic E-state index is 0.869. The Morgan fingerprint density at radius 3 is 3.00 bits per heavy atom. The lowest BCUT2D eigenvalue weighted by molar-refractivity contribution is 0.293. The zero-order valence-corrected chi connectivity index (χ0v) is 6.90. The summed E-state index contributed by atoms with van der Waals surface area (Å²) in [4.78, 5) is 1.32. The second-order valence-electron chi connectivity index (χ2n) is 2.14. The highest BCUT2D eigenvalue weighted by Crippen LogP contribution is 2.09.